The summed E-state index contributed by atoms with van der Waals surface area (Å²) in [6, 6.07) is 0.0214. The van der Waals surface area contributed by atoms with E-state index in [4.69, 9.17) is 0 Å². The molecule has 0 aliphatic carbocycles. The van der Waals surface area contributed by atoms with E-state index >= 15 is 0 Å². The molecule has 0 bridgehead atoms. The first-order valence-corrected chi connectivity index (χ1v) is 4.21. The minimum absolute atomic E-state index is 0.0214. The van der Waals surface area contributed by atoms with E-state index in [1.807, 2.05) is 4.57 Å². The molecule has 0 radical (unpaired) electrons. The van der Waals surface area contributed by atoms with Crippen molar-refractivity contribution in [2.75, 3.05) is 19.6 Å². The van der Waals surface area contributed by atoms with Crippen LogP contribution in [0, 0.1) is 0 Å². The highest BCUT2D eigenvalue weighted by Gasteiger charge is 2.18. The van der Waals surface area contributed by atoms with Crippen molar-refractivity contribution >= 4 is 6.03 Å². The molecule has 0 unspecified atom stereocenters. The lowest BCUT2D eigenvalue weighted by atomic mass is 10.5. The Kier molecular flexibility index (Phi) is 2.11. The molecule has 1 N–H and O–H groups in total. The summed E-state index contributed by atoms with van der Waals surface area (Å²) < 4.78 is 1.85. The number of nitrogens with zero attached hydrogens (tertiary/aromatic N) is 4. The Morgan fingerprint density at radius 2 is 2.15 bits per heavy atom. The molecule has 6 nitrogen and oxygen atoms in total. The minimum atomic E-state index is 0.0214. The van der Waals surface area contributed by atoms with E-state index in [0.717, 1.165) is 19.6 Å². The van der Waals surface area contributed by atoms with E-state index in [2.05, 4.69) is 15.5 Å². The van der Waals surface area contributed by atoms with Crippen LogP contribution in [0.25, 0.3) is 0 Å². The molecule has 1 aliphatic rings. The van der Waals surface area contributed by atoms with Gasteiger partial charge < -0.3 is 14.8 Å². The van der Waals surface area contributed by atoms with Gasteiger partial charge in [-0.1, -0.05) is 0 Å². The molecule has 1 aromatic heterocycles. The molecular weight excluding hydrogens is 170 g/mol. The second-order valence-electron chi connectivity index (χ2n) is 2.92. The van der Waals surface area contributed by atoms with Gasteiger partial charge in [-0.15, -0.1) is 10.2 Å². The van der Waals surface area contributed by atoms with Crippen molar-refractivity contribution in [3.8, 4) is 0 Å². The molecule has 70 valence electrons. The third-order valence-electron chi connectivity index (χ3n) is 2.04. The van der Waals surface area contributed by atoms with E-state index in [-0.39, 0.29) is 6.03 Å². The number of nitrogens with one attached hydrogen (secondary N) is 1. The summed E-state index contributed by atoms with van der Waals surface area (Å²) in [4.78, 5) is 12.9. The molecule has 2 rings (SSSR count). The number of hydrogen-bond donors (Lipinski definition) is 1. The van der Waals surface area contributed by atoms with Crippen LogP contribution in [0.4, 0.5) is 4.79 Å². The second kappa shape index (κ2) is 3.42. The summed E-state index contributed by atoms with van der Waals surface area (Å²) in [7, 11) is 0. The minimum Gasteiger partial charge on any atom is -0.336 e. The molecule has 0 saturated carbocycles. The summed E-state index contributed by atoms with van der Waals surface area (Å²) in [5, 5.41) is 10.1. The molecule has 0 aromatic carbocycles. The lowest BCUT2D eigenvalue weighted by molar-refractivity contribution is 0.215. The Balaban J connectivity index is 1.82. The molecule has 0 spiro atoms. The van der Waals surface area contributed by atoms with Gasteiger partial charge >= 0.3 is 6.03 Å². The fourth-order valence-electron chi connectivity index (χ4n) is 1.30. The van der Waals surface area contributed by atoms with Crippen LogP contribution in [-0.2, 0) is 6.54 Å². The van der Waals surface area contributed by atoms with Crippen molar-refractivity contribution in [2.24, 2.45) is 0 Å². The normalized spacial score (nSPS) is 16.3. The van der Waals surface area contributed by atoms with Gasteiger partial charge in [-0.2, -0.15) is 0 Å². The van der Waals surface area contributed by atoms with Gasteiger partial charge in [-0.3, -0.25) is 0 Å². The Morgan fingerprint density at radius 1 is 1.38 bits per heavy atom. The van der Waals surface area contributed by atoms with Crippen LogP contribution >= 0.6 is 0 Å². The second-order valence-corrected chi connectivity index (χ2v) is 2.92. The highest BCUT2D eigenvalue weighted by atomic mass is 16.2. The van der Waals surface area contributed by atoms with Gasteiger partial charge in [0, 0.05) is 26.2 Å². The third kappa shape index (κ3) is 1.77. The van der Waals surface area contributed by atoms with Gasteiger partial charge in [-0.25, -0.2) is 4.79 Å². The topological polar surface area (TPSA) is 63.1 Å². The van der Waals surface area contributed by atoms with Crippen LogP contribution in [-0.4, -0.2) is 45.3 Å². The first-order valence-electron chi connectivity index (χ1n) is 4.21. The van der Waals surface area contributed by atoms with Crippen LogP contribution in [0.3, 0.4) is 0 Å². The molecule has 2 heterocycles. The number of carbonyl (C=O) groups is 1. The first-order chi connectivity index (χ1) is 6.36. The van der Waals surface area contributed by atoms with Crippen molar-refractivity contribution in [3.05, 3.63) is 12.7 Å². The number of rotatable bonds is 3. The Morgan fingerprint density at radius 3 is 2.77 bits per heavy atom. The van der Waals surface area contributed by atoms with Crippen molar-refractivity contribution in [1.82, 2.24) is 25.0 Å². The molecule has 6 heteroatoms. The van der Waals surface area contributed by atoms with Gasteiger partial charge in [0.05, 0.1) is 0 Å². The molecular formula is C7H11N5O. The molecule has 13 heavy (non-hydrogen) atoms. The largest absolute Gasteiger partial charge is 0.336 e. The monoisotopic (exact) mass is 181 g/mol. The summed E-state index contributed by atoms with van der Waals surface area (Å²) in [6.07, 6.45) is 3.29. The molecule has 1 fully saturated rings. The van der Waals surface area contributed by atoms with Crippen LogP contribution in [0.1, 0.15) is 0 Å². The molecule has 0 atom stereocenters. The first kappa shape index (κ1) is 8.03. The van der Waals surface area contributed by atoms with Gasteiger partial charge in [0.2, 0.25) is 0 Å². The number of urea groups is 1. The van der Waals surface area contributed by atoms with Crippen molar-refractivity contribution in [2.45, 2.75) is 6.54 Å². The predicted octanol–water partition coefficient (Wildman–Crippen LogP) is -0.697. The lowest BCUT2D eigenvalue weighted by Crippen LogP contribution is -2.30. The maximum atomic E-state index is 11.1. The molecule has 1 aliphatic heterocycles. The fourth-order valence-corrected chi connectivity index (χ4v) is 1.30. The summed E-state index contributed by atoms with van der Waals surface area (Å²) >= 11 is 0. The van der Waals surface area contributed by atoms with E-state index in [1.54, 1.807) is 17.6 Å². The van der Waals surface area contributed by atoms with Gasteiger partial charge in [0.1, 0.15) is 12.7 Å². The third-order valence-corrected chi connectivity index (χ3v) is 2.04. The summed E-state index contributed by atoms with van der Waals surface area (Å²) in [5.74, 6) is 0. The molecule has 1 saturated heterocycles. The Hall–Kier alpha value is -1.59. The average molecular weight is 181 g/mol. The van der Waals surface area contributed by atoms with Crippen LogP contribution in [0.15, 0.2) is 12.7 Å². The van der Waals surface area contributed by atoms with E-state index in [9.17, 15) is 4.79 Å². The lowest BCUT2D eigenvalue weighted by Gasteiger charge is -2.13. The smallest absolute Gasteiger partial charge is 0.317 e. The maximum absolute atomic E-state index is 11.1. The Labute approximate surface area is 75.5 Å². The van der Waals surface area contributed by atoms with E-state index in [0.29, 0.717) is 6.54 Å². The SMILES string of the molecule is O=C1NCCN1CCn1cnnc1. The van der Waals surface area contributed by atoms with Gasteiger partial charge in [0.25, 0.3) is 0 Å². The Bertz CT molecular complexity index is 283. The van der Waals surface area contributed by atoms with Crippen molar-refractivity contribution in [3.63, 3.8) is 0 Å². The van der Waals surface area contributed by atoms with Crippen LogP contribution in [0.5, 0.6) is 0 Å². The highest BCUT2D eigenvalue weighted by molar-refractivity contribution is 5.76. The number of aromatic nitrogens is 3. The standard InChI is InChI=1S/C7H11N5O/c13-7-8-1-2-12(7)4-3-11-5-9-10-6-11/h5-6H,1-4H2,(H,8,13). The molecule has 1 aromatic rings. The number of carbonyl (C=O) groups excluding carboxylic acids is 1. The van der Waals surface area contributed by atoms with E-state index in [1.165, 1.54) is 0 Å². The summed E-state index contributed by atoms with van der Waals surface area (Å²) in [6.45, 7) is 3.01. The fraction of sp³-hybridized carbons (Fsp3) is 0.571. The van der Waals surface area contributed by atoms with Crippen molar-refractivity contribution < 1.29 is 4.79 Å². The van der Waals surface area contributed by atoms with Crippen molar-refractivity contribution in [1.29, 1.82) is 0 Å². The number of hydrogen-bond acceptors (Lipinski definition) is 3. The predicted molar refractivity (Wildman–Crippen MR) is 45.0 cm³/mol. The zero-order chi connectivity index (χ0) is 9.10. The maximum Gasteiger partial charge on any atom is 0.317 e. The van der Waals surface area contributed by atoms with Crippen LogP contribution in [0.2, 0.25) is 0 Å². The van der Waals surface area contributed by atoms with Gasteiger partial charge in [-0.05, 0) is 0 Å². The zero-order valence-electron chi connectivity index (χ0n) is 7.18. The zero-order valence-corrected chi connectivity index (χ0v) is 7.18. The van der Waals surface area contributed by atoms with Gasteiger partial charge in [0.15, 0.2) is 0 Å². The van der Waals surface area contributed by atoms with Crippen LogP contribution < -0.4 is 5.32 Å². The quantitative estimate of drug-likeness (QED) is 0.671. The average Bonchev–Trinajstić information content (AvgIpc) is 2.72. The van der Waals surface area contributed by atoms with E-state index < -0.39 is 0 Å². The highest BCUT2D eigenvalue weighted by Crippen LogP contribution is 1.96. The number of amides is 2. The molecule has 2 amide bonds. The summed E-state index contributed by atoms with van der Waals surface area (Å²) in [5.41, 5.74) is 0.